The summed E-state index contributed by atoms with van der Waals surface area (Å²) in [6.45, 7) is 0. The van der Waals surface area contributed by atoms with Gasteiger partial charge < -0.3 is 5.32 Å². The fraction of sp³-hybridized carbons (Fsp3) is 0.261. The van der Waals surface area contributed by atoms with Crippen LogP contribution in [0.25, 0.3) is 0 Å². The number of rotatable bonds is 4. The Bertz CT molecular complexity index is 1230. The van der Waals surface area contributed by atoms with Gasteiger partial charge in [0.05, 0.1) is 16.8 Å². The first kappa shape index (κ1) is 21.7. The number of carbonyl (C=O) groups excluding carboxylic acids is 1. The van der Waals surface area contributed by atoms with Crippen LogP contribution in [0.15, 0.2) is 47.3 Å². The molecule has 0 unspecified atom stereocenters. The zero-order valence-corrected chi connectivity index (χ0v) is 16.9. The van der Waals surface area contributed by atoms with Gasteiger partial charge in [0.1, 0.15) is 5.82 Å². The van der Waals surface area contributed by atoms with Crippen LogP contribution >= 0.6 is 0 Å². The van der Waals surface area contributed by atoms with Crippen LogP contribution in [0.3, 0.4) is 0 Å². The van der Waals surface area contributed by atoms with Gasteiger partial charge in [-0.3, -0.25) is 9.59 Å². The van der Waals surface area contributed by atoms with Gasteiger partial charge in [0.25, 0.3) is 11.5 Å². The summed E-state index contributed by atoms with van der Waals surface area (Å²) in [4.78, 5) is 24.5. The van der Waals surface area contributed by atoms with Crippen LogP contribution in [0.5, 0.6) is 0 Å². The second kappa shape index (κ2) is 8.57. The molecule has 9 heteroatoms. The van der Waals surface area contributed by atoms with E-state index in [-0.39, 0.29) is 5.56 Å². The number of amides is 1. The van der Waals surface area contributed by atoms with E-state index in [0.717, 1.165) is 41.6 Å². The highest BCUT2D eigenvalue weighted by atomic mass is 19.4. The van der Waals surface area contributed by atoms with Gasteiger partial charge in [-0.2, -0.15) is 18.3 Å². The molecular formula is C23H19F4N3O2. The first-order valence-electron chi connectivity index (χ1n) is 10.1. The number of H-pyrrole nitrogens is 1. The van der Waals surface area contributed by atoms with Gasteiger partial charge in [0.2, 0.25) is 0 Å². The van der Waals surface area contributed by atoms with Crippen LogP contribution in [0.4, 0.5) is 23.2 Å². The molecule has 166 valence electrons. The summed E-state index contributed by atoms with van der Waals surface area (Å²) in [5, 5.41) is 9.17. The van der Waals surface area contributed by atoms with Crippen LogP contribution in [0, 0.1) is 5.82 Å². The van der Waals surface area contributed by atoms with Crippen molar-refractivity contribution in [2.24, 2.45) is 0 Å². The van der Waals surface area contributed by atoms with E-state index in [1.54, 1.807) is 18.2 Å². The monoisotopic (exact) mass is 445 g/mol. The number of benzene rings is 2. The molecule has 0 saturated carbocycles. The minimum Gasteiger partial charge on any atom is -0.322 e. The standard InChI is InChI=1S/C23H19F4N3O2/c24-19-9-8-14(23(25,26)27)12-18(19)21(31)28-15-5-3-4-13(10-15)11-20-16-6-1-2-7-17(16)22(32)30-29-20/h3-5,8-10,12H,1-2,6-7,11H2,(H,28,31)(H,30,32). The smallest absolute Gasteiger partial charge is 0.322 e. The van der Waals surface area contributed by atoms with Crippen LogP contribution in [0.1, 0.15) is 51.1 Å². The summed E-state index contributed by atoms with van der Waals surface area (Å²) in [5.41, 5.74) is 1.56. The lowest BCUT2D eigenvalue weighted by Gasteiger charge is -2.17. The van der Waals surface area contributed by atoms with Gasteiger partial charge in [0, 0.05) is 17.7 Å². The van der Waals surface area contributed by atoms with Gasteiger partial charge in [-0.25, -0.2) is 9.49 Å². The number of aromatic amines is 1. The maximum absolute atomic E-state index is 14.0. The number of fused-ring (bicyclic) bond motifs is 1. The van der Waals surface area contributed by atoms with Crippen molar-refractivity contribution in [3.8, 4) is 0 Å². The first-order chi connectivity index (χ1) is 15.2. The highest BCUT2D eigenvalue weighted by molar-refractivity contribution is 6.04. The van der Waals surface area contributed by atoms with Crippen LogP contribution in [-0.4, -0.2) is 16.1 Å². The number of halogens is 4. The van der Waals surface area contributed by atoms with E-state index in [2.05, 4.69) is 15.5 Å². The van der Waals surface area contributed by atoms with Gasteiger partial charge >= 0.3 is 6.18 Å². The Morgan fingerprint density at radius 1 is 1.06 bits per heavy atom. The molecule has 4 rings (SSSR count). The lowest BCUT2D eigenvalue weighted by Crippen LogP contribution is -2.23. The molecule has 0 atom stereocenters. The van der Waals surface area contributed by atoms with E-state index in [1.165, 1.54) is 0 Å². The molecule has 2 aromatic carbocycles. The molecule has 0 fully saturated rings. The molecule has 5 nitrogen and oxygen atoms in total. The van der Waals surface area contributed by atoms with Crippen molar-refractivity contribution in [2.45, 2.75) is 38.3 Å². The molecule has 1 aliphatic rings. The molecule has 0 bridgehead atoms. The second-order valence-corrected chi connectivity index (χ2v) is 7.69. The summed E-state index contributed by atoms with van der Waals surface area (Å²) >= 11 is 0. The Morgan fingerprint density at radius 3 is 2.56 bits per heavy atom. The minimum atomic E-state index is -4.69. The van der Waals surface area contributed by atoms with Crippen molar-refractivity contribution in [2.75, 3.05) is 5.32 Å². The average molecular weight is 445 g/mol. The number of hydrogen-bond donors (Lipinski definition) is 2. The third-order valence-electron chi connectivity index (χ3n) is 5.48. The molecule has 0 aliphatic heterocycles. The maximum Gasteiger partial charge on any atom is 0.416 e. The van der Waals surface area contributed by atoms with Crippen LogP contribution < -0.4 is 10.9 Å². The quantitative estimate of drug-likeness (QED) is 0.574. The van der Waals surface area contributed by atoms with E-state index >= 15 is 0 Å². The Labute approximate surface area is 180 Å². The van der Waals surface area contributed by atoms with Gasteiger partial charge in [0.15, 0.2) is 0 Å². The molecule has 1 amide bonds. The molecule has 32 heavy (non-hydrogen) atoms. The zero-order valence-electron chi connectivity index (χ0n) is 16.9. The third-order valence-corrected chi connectivity index (χ3v) is 5.48. The number of alkyl halides is 3. The number of hydrogen-bond acceptors (Lipinski definition) is 3. The topological polar surface area (TPSA) is 74.8 Å². The molecule has 2 N–H and O–H groups in total. The van der Waals surface area contributed by atoms with E-state index < -0.39 is 29.0 Å². The van der Waals surface area contributed by atoms with Crippen molar-refractivity contribution in [3.05, 3.63) is 92.1 Å². The summed E-state index contributed by atoms with van der Waals surface area (Å²) in [5.74, 6) is -2.03. The lowest BCUT2D eigenvalue weighted by atomic mass is 9.90. The van der Waals surface area contributed by atoms with Gasteiger partial charge in [-0.1, -0.05) is 12.1 Å². The number of carbonyl (C=O) groups is 1. The van der Waals surface area contributed by atoms with E-state index in [0.29, 0.717) is 36.7 Å². The predicted octanol–water partition coefficient (Wildman–Crippen LogP) is 4.65. The molecule has 3 aromatic rings. The van der Waals surface area contributed by atoms with Crippen LogP contribution in [0.2, 0.25) is 0 Å². The minimum absolute atomic E-state index is 0.174. The van der Waals surface area contributed by atoms with Gasteiger partial charge in [-0.05, 0) is 67.1 Å². The molecule has 1 aliphatic carbocycles. The Balaban J connectivity index is 1.56. The second-order valence-electron chi connectivity index (χ2n) is 7.69. The number of anilines is 1. The average Bonchev–Trinajstić information content (AvgIpc) is 2.75. The molecule has 0 spiro atoms. The molecule has 1 heterocycles. The number of nitrogens with one attached hydrogen (secondary N) is 2. The molecule has 1 aromatic heterocycles. The van der Waals surface area contributed by atoms with E-state index in [9.17, 15) is 27.2 Å². The number of nitrogens with zero attached hydrogens (tertiary/aromatic N) is 1. The van der Waals surface area contributed by atoms with Crippen LogP contribution in [-0.2, 0) is 25.4 Å². The van der Waals surface area contributed by atoms with E-state index in [1.807, 2.05) is 6.07 Å². The Hall–Kier alpha value is -3.49. The van der Waals surface area contributed by atoms with Crippen molar-refractivity contribution < 1.29 is 22.4 Å². The highest BCUT2D eigenvalue weighted by Gasteiger charge is 2.32. The molecular weight excluding hydrogens is 426 g/mol. The van der Waals surface area contributed by atoms with Crippen molar-refractivity contribution >= 4 is 11.6 Å². The zero-order chi connectivity index (χ0) is 22.9. The molecule has 0 saturated heterocycles. The summed E-state index contributed by atoms with van der Waals surface area (Å²) in [7, 11) is 0. The maximum atomic E-state index is 14.0. The normalized spacial score (nSPS) is 13.5. The number of aromatic nitrogens is 2. The van der Waals surface area contributed by atoms with Crippen molar-refractivity contribution in [1.29, 1.82) is 0 Å². The fourth-order valence-electron chi connectivity index (χ4n) is 3.90. The molecule has 0 radical (unpaired) electrons. The Kier molecular flexibility index (Phi) is 5.82. The van der Waals surface area contributed by atoms with E-state index in [4.69, 9.17) is 0 Å². The fourth-order valence-corrected chi connectivity index (χ4v) is 3.90. The largest absolute Gasteiger partial charge is 0.416 e. The predicted molar refractivity (Wildman–Crippen MR) is 110 cm³/mol. The highest BCUT2D eigenvalue weighted by Crippen LogP contribution is 2.30. The third kappa shape index (κ3) is 4.56. The Morgan fingerprint density at radius 2 is 1.81 bits per heavy atom. The lowest BCUT2D eigenvalue weighted by molar-refractivity contribution is -0.137. The first-order valence-corrected chi connectivity index (χ1v) is 10.1. The van der Waals surface area contributed by atoms with Crippen molar-refractivity contribution in [3.63, 3.8) is 0 Å². The van der Waals surface area contributed by atoms with Gasteiger partial charge in [-0.15, -0.1) is 0 Å². The summed E-state index contributed by atoms with van der Waals surface area (Å²) in [6, 6.07) is 8.39. The summed E-state index contributed by atoms with van der Waals surface area (Å²) in [6.07, 6.45) is -0.880. The summed E-state index contributed by atoms with van der Waals surface area (Å²) < 4.78 is 52.7. The SMILES string of the molecule is O=C(Nc1cccc(Cc2n[nH]c(=O)c3c2CCCC3)c1)c1cc(C(F)(F)F)ccc1F. The van der Waals surface area contributed by atoms with Crippen molar-refractivity contribution in [1.82, 2.24) is 10.2 Å².